The van der Waals surface area contributed by atoms with Crippen LogP contribution in [0, 0.1) is 0 Å². The quantitative estimate of drug-likeness (QED) is 0.157. The summed E-state index contributed by atoms with van der Waals surface area (Å²) in [5.74, 6) is 1.70. The van der Waals surface area contributed by atoms with Crippen LogP contribution in [0.15, 0.2) is 108 Å². The predicted octanol–water partition coefficient (Wildman–Crippen LogP) is 5.76. The van der Waals surface area contributed by atoms with E-state index < -0.39 is 22.0 Å². The maximum absolute atomic E-state index is 12.9. The van der Waals surface area contributed by atoms with Crippen LogP contribution in [-0.4, -0.2) is 39.4 Å². The minimum absolute atomic E-state index is 0.317. The molecule has 1 atom stereocenters. The van der Waals surface area contributed by atoms with Crippen molar-refractivity contribution in [2.24, 2.45) is 5.10 Å². The predicted molar refractivity (Wildman–Crippen MR) is 164 cm³/mol. The van der Waals surface area contributed by atoms with Crippen LogP contribution in [0.4, 0.5) is 5.69 Å². The summed E-state index contributed by atoms with van der Waals surface area (Å²) in [6.45, 7) is 4.20. The lowest BCUT2D eigenvalue weighted by atomic mass is 10.2. The van der Waals surface area contributed by atoms with E-state index >= 15 is 0 Å². The largest absolute Gasteiger partial charge is 0.490 e. The number of nitrogens with zero attached hydrogens (tertiary/aromatic N) is 2. The first-order valence-electron chi connectivity index (χ1n) is 13.3. The van der Waals surface area contributed by atoms with Gasteiger partial charge in [0.1, 0.15) is 24.1 Å². The molecule has 42 heavy (non-hydrogen) atoms. The van der Waals surface area contributed by atoms with Crippen LogP contribution in [0.25, 0.3) is 0 Å². The average Bonchev–Trinajstić information content (AvgIpc) is 2.98. The van der Waals surface area contributed by atoms with Crippen molar-refractivity contribution >= 4 is 27.8 Å². The molecule has 4 aromatic carbocycles. The molecule has 0 saturated carbocycles. The van der Waals surface area contributed by atoms with E-state index in [1.807, 2.05) is 67.6 Å². The zero-order chi connectivity index (χ0) is 30.0. The minimum atomic E-state index is -3.80. The van der Waals surface area contributed by atoms with Crippen LogP contribution < -0.4 is 23.9 Å². The second-order valence-electron chi connectivity index (χ2n) is 9.29. The molecule has 10 heteroatoms. The Morgan fingerprint density at radius 1 is 0.881 bits per heavy atom. The summed E-state index contributed by atoms with van der Waals surface area (Å²) >= 11 is 0. The maximum atomic E-state index is 12.9. The topological polar surface area (TPSA) is 107 Å². The Hall–Kier alpha value is -4.83. The summed E-state index contributed by atoms with van der Waals surface area (Å²) in [7, 11) is -3.80. The molecule has 0 unspecified atom stereocenters. The normalized spacial score (nSPS) is 12.0. The number of para-hydroxylation sites is 1. The molecule has 0 aliphatic rings. The first-order chi connectivity index (χ1) is 20.2. The van der Waals surface area contributed by atoms with Crippen molar-refractivity contribution in [3.63, 3.8) is 0 Å². The number of benzene rings is 4. The molecule has 0 fully saturated rings. The highest BCUT2D eigenvalue weighted by Crippen LogP contribution is 2.29. The van der Waals surface area contributed by atoms with Gasteiger partial charge in [0, 0.05) is 0 Å². The lowest BCUT2D eigenvalue weighted by molar-refractivity contribution is -0.121. The van der Waals surface area contributed by atoms with Crippen LogP contribution in [0.1, 0.15) is 25.0 Å². The van der Waals surface area contributed by atoms with Crippen LogP contribution >= 0.6 is 0 Å². The second-order valence-corrected chi connectivity index (χ2v) is 11.2. The first kappa shape index (κ1) is 30.1. The van der Waals surface area contributed by atoms with E-state index in [9.17, 15) is 13.2 Å². The van der Waals surface area contributed by atoms with E-state index in [4.69, 9.17) is 14.2 Å². The van der Waals surface area contributed by atoms with Gasteiger partial charge in [0.25, 0.3) is 5.91 Å². The highest BCUT2D eigenvalue weighted by molar-refractivity contribution is 7.92. The van der Waals surface area contributed by atoms with Gasteiger partial charge in [-0.25, -0.2) is 13.8 Å². The number of sulfonamides is 1. The SMILES string of the molecule is CCOc1cc(/C=N\NC(=O)[C@@H](C)N(c2ccc(Oc3ccccc3)cc2)S(C)(=O)=O)ccc1OCc1ccccc1. The number of carbonyl (C=O) groups is 1. The van der Waals surface area contributed by atoms with Crippen molar-refractivity contribution in [2.75, 3.05) is 17.2 Å². The number of amides is 1. The summed E-state index contributed by atoms with van der Waals surface area (Å²) < 4.78 is 43.8. The van der Waals surface area contributed by atoms with Crippen molar-refractivity contribution in [1.29, 1.82) is 0 Å². The van der Waals surface area contributed by atoms with Crippen molar-refractivity contribution in [3.05, 3.63) is 114 Å². The van der Waals surface area contributed by atoms with Gasteiger partial charge in [0.2, 0.25) is 10.0 Å². The molecule has 1 N–H and O–H groups in total. The molecule has 0 aromatic heterocycles. The third kappa shape index (κ3) is 8.34. The first-order valence-corrected chi connectivity index (χ1v) is 15.2. The van der Waals surface area contributed by atoms with E-state index in [1.54, 1.807) is 42.5 Å². The fourth-order valence-electron chi connectivity index (χ4n) is 4.09. The fourth-order valence-corrected chi connectivity index (χ4v) is 5.26. The summed E-state index contributed by atoms with van der Waals surface area (Å²) in [6, 6.07) is 29.7. The van der Waals surface area contributed by atoms with Gasteiger partial charge in [-0.05, 0) is 79.6 Å². The summed E-state index contributed by atoms with van der Waals surface area (Å²) in [6.07, 6.45) is 2.50. The lowest BCUT2D eigenvalue weighted by Gasteiger charge is -2.27. The fraction of sp³-hybridized carbons (Fsp3) is 0.188. The minimum Gasteiger partial charge on any atom is -0.490 e. The molecule has 218 valence electrons. The molecule has 0 aliphatic heterocycles. The number of hydrogen-bond donors (Lipinski definition) is 1. The van der Waals surface area contributed by atoms with Gasteiger partial charge in [-0.1, -0.05) is 48.5 Å². The highest BCUT2D eigenvalue weighted by atomic mass is 32.2. The lowest BCUT2D eigenvalue weighted by Crippen LogP contribution is -2.46. The number of ether oxygens (including phenoxy) is 3. The van der Waals surface area contributed by atoms with E-state index in [-0.39, 0.29) is 0 Å². The van der Waals surface area contributed by atoms with Gasteiger partial charge >= 0.3 is 0 Å². The number of anilines is 1. The molecule has 0 aliphatic carbocycles. The van der Waals surface area contributed by atoms with Crippen LogP contribution in [0.2, 0.25) is 0 Å². The molecular formula is C32H33N3O6S. The van der Waals surface area contributed by atoms with Gasteiger partial charge in [0.05, 0.1) is 24.8 Å². The van der Waals surface area contributed by atoms with Crippen molar-refractivity contribution in [3.8, 4) is 23.0 Å². The molecule has 0 saturated heterocycles. The van der Waals surface area contributed by atoms with E-state index in [0.29, 0.717) is 47.5 Å². The van der Waals surface area contributed by atoms with Crippen LogP contribution in [0.3, 0.4) is 0 Å². The average molecular weight is 588 g/mol. The Labute approximate surface area is 246 Å². The van der Waals surface area contributed by atoms with Crippen LogP contribution in [-0.2, 0) is 21.4 Å². The van der Waals surface area contributed by atoms with E-state index in [0.717, 1.165) is 16.1 Å². The summed E-state index contributed by atoms with van der Waals surface area (Å²) in [5, 5.41) is 4.04. The van der Waals surface area contributed by atoms with E-state index in [2.05, 4.69) is 10.5 Å². The monoisotopic (exact) mass is 587 g/mol. The third-order valence-corrected chi connectivity index (χ3v) is 7.29. The maximum Gasteiger partial charge on any atom is 0.263 e. The Morgan fingerprint density at radius 2 is 1.52 bits per heavy atom. The molecule has 0 bridgehead atoms. The molecule has 0 radical (unpaired) electrons. The number of hydrogen-bond acceptors (Lipinski definition) is 7. The number of hydrazone groups is 1. The van der Waals surface area contributed by atoms with Gasteiger partial charge in [-0.15, -0.1) is 0 Å². The Kier molecular flexibility index (Phi) is 10.2. The molecule has 4 rings (SSSR count). The highest BCUT2D eigenvalue weighted by Gasteiger charge is 2.29. The van der Waals surface area contributed by atoms with Crippen LogP contribution in [0.5, 0.6) is 23.0 Å². The van der Waals surface area contributed by atoms with Crippen molar-refractivity contribution in [2.45, 2.75) is 26.5 Å². The Balaban J connectivity index is 1.41. The standard InChI is InChI=1S/C32H33N3O6S/c1-4-39-31-21-26(15-20-30(31)40-23-25-11-7-5-8-12-25)22-33-34-32(36)24(2)35(42(3,37)38)27-16-18-29(19-17-27)41-28-13-9-6-10-14-28/h5-22,24H,4,23H2,1-3H3,(H,34,36)/b33-22-/t24-/m1/s1. The summed E-state index contributed by atoms with van der Waals surface area (Å²) in [4.78, 5) is 12.9. The van der Waals surface area contributed by atoms with E-state index in [1.165, 1.54) is 13.1 Å². The molecule has 4 aromatic rings. The Bertz CT molecular complexity index is 1590. The van der Waals surface area contributed by atoms with Gasteiger partial charge in [0.15, 0.2) is 11.5 Å². The number of carbonyl (C=O) groups excluding carboxylic acids is 1. The number of rotatable bonds is 13. The molecular weight excluding hydrogens is 554 g/mol. The smallest absolute Gasteiger partial charge is 0.263 e. The Morgan fingerprint density at radius 3 is 2.17 bits per heavy atom. The number of nitrogens with one attached hydrogen (secondary N) is 1. The molecule has 0 heterocycles. The van der Waals surface area contributed by atoms with Crippen molar-refractivity contribution < 1.29 is 27.4 Å². The molecule has 9 nitrogen and oxygen atoms in total. The third-order valence-electron chi connectivity index (χ3n) is 6.05. The zero-order valence-corrected chi connectivity index (χ0v) is 24.5. The zero-order valence-electron chi connectivity index (χ0n) is 23.6. The molecule has 1 amide bonds. The second kappa shape index (κ2) is 14.2. The molecule has 0 spiro atoms. The summed E-state index contributed by atoms with van der Waals surface area (Å²) in [5.41, 5.74) is 4.44. The van der Waals surface area contributed by atoms with Gasteiger partial charge in [-0.2, -0.15) is 5.10 Å². The van der Waals surface area contributed by atoms with Gasteiger partial charge < -0.3 is 14.2 Å². The van der Waals surface area contributed by atoms with Gasteiger partial charge in [-0.3, -0.25) is 9.10 Å². The van der Waals surface area contributed by atoms with Crippen molar-refractivity contribution in [1.82, 2.24) is 5.43 Å².